The van der Waals surface area contributed by atoms with Crippen LogP contribution in [0.2, 0.25) is 5.28 Å². The molecule has 0 atom stereocenters. The zero-order chi connectivity index (χ0) is 22.2. The molecule has 0 unspecified atom stereocenters. The molecule has 0 fully saturated rings. The van der Waals surface area contributed by atoms with Gasteiger partial charge in [0.1, 0.15) is 0 Å². The van der Waals surface area contributed by atoms with E-state index in [2.05, 4.69) is 15.3 Å². The average molecular weight is 457 g/mol. The lowest BCUT2D eigenvalue weighted by Gasteiger charge is -2.09. The van der Waals surface area contributed by atoms with Crippen LogP contribution >= 0.6 is 11.6 Å². The summed E-state index contributed by atoms with van der Waals surface area (Å²) in [5, 5.41) is 11.5. The number of carbonyl (C=O) groups is 1. The van der Waals surface area contributed by atoms with E-state index >= 15 is 0 Å². The first-order valence-corrected chi connectivity index (χ1v) is 11.0. The second-order valence-electron chi connectivity index (χ2n) is 6.87. The Morgan fingerprint density at radius 3 is 2.58 bits per heavy atom. The molecule has 2 aromatic carbocycles. The number of hydrogen-bond acceptors (Lipinski definition) is 5. The summed E-state index contributed by atoms with van der Waals surface area (Å²) in [4.78, 5) is 19.4. The molecule has 0 bridgehead atoms. The van der Waals surface area contributed by atoms with Crippen LogP contribution in [0.4, 0.5) is 4.79 Å². The predicted molar refractivity (Wildman–Crippen MR) is 117 cm³/mol. The van der Waals surface area contributed by atoms with Crippen LogP contribution in [0.5, 0.6) is 0 Å². The number of amides is 1. The molecule has 4 rings (SSSR count). The summed E-state index contributed by atoms with van der Waals surface area (Å²) in [5.74, 6) is 0. The second kappa shape index (κ2) is 8.01. The highest BCUT2D eigenvalue weighted by atomic mass is 35.5. The monoisotopic (exact) mass is 456 g/mol. The number of benzene rings is 2. The minimum Gasteiger partial charge on any atom is -0.465 e. The second-order valence-corrected chi connectivity index (χ2v) is 9.02. The molecule has 4 aromatic rings. The minimum atomic E-state index is -3.89. The molecule has 8 nitrogen and oxygen atoms in total. The van der Waals surface area contributed by atoms with Gasteiger partial charge in [0.2, 0.25) is 5.28 Å². The van der Waals surface area contributed by atoms with Crippen molar-refractivity contribution in [3.63, 3.8) is 0 Å². The third-order valence-electron chi connectivity index (χ3n) is 4.71. The Kier molecular flexibility index (Phi) is 5.38. The van der Waals surface area contributed by atoms with Crippen LogP contribution in [0, 0.1) is 6.92 Å². The quantitative estimate of drug-likeness (QED) is 0.437. The zero-order valence-electron chi connectivity index (χ0n) is 16.3. The molecule has 0 saturated heterocycles. The zero-order valence-corrected chi connectivity index (χ0v) is 17.9. The van der Waals surface area contributed by atoms with E-state index in [4.69, 9.17) is 16.7 Å². The summed E-state index contributed by atoms with van der Waals surface area (Å²) < 4.78 is 27.4. The number of nitrogens with zero attached hydrogens (tertiary/aromatic N) is 3. The van der Waals surface area contributed by atoms with Crippen LogP contribution in [0.15, 0.2) is 65.7 Å². The van der Waals surface area contributed by atoms with E-state index in [1.54, 1.807) is 54.6 Å². The van der Waals surface area contributed by atoms with Crippen LogP contribution in [-0.4, -0.2) is 33.6 Å². The van der Waals surface area contributed by atoms with Gasteiger partial charge < -0.3 is 10.4 Å². The maximum absolute atomic E-state index is 13.2. The smallest absolute Gasteiger partial charge is 0.404 e. The molecule has 0 saturated carbocycles. The molecule has 0 spiro atoms. The van der Waals surface area contributed by atoms with Crippen LogP contribution in [-0.2, 0) is 16.6 Å². The molecule has 0 aliphatic heterocycles. The van der Waals surface area contributed by atoms with Crippen molar-refractivity contribution in [2.75, 3.05) is 0 Å². The van der Waals surface area contributed by atoms with Crippen molar-refractivity contribution in [2.45, 2.75) is 18.4 Å². The molecule has 1 amide bonds. The van der Waals surface area contributed by atoms with E-state index in [0.717, 1.165) is 15.1 Å². The fourth-order valence-electron chi connectivity index (χ4n) is 3.21. The van der Waals surface area contributed by atoms with Gasteiger partial charge in [-0.15, -0.1) is 0 Å². The lowest BCUT2D eigenvalue weighted by atomic mass is 10.1. The summed E-state index contributed by atoms with van der Waals surface area (Å²) in [7, 11) is -3.89. The predicted octanol–water partition coefficient (Wildman–Crippen LogP) is 4.06. The van der Waals surface area contributed by atoms with Crippen molar-refractivity contribution in [1.82, 2.24) is 19.3 Å². The number of fused-ring (bicyclic) bond motifs is 1. The standard InChI is InChI=1S/C21H17ClN4O4S/c1-13-5-7-16(8-6-13)31(29,30)26-10-9-17-18(24-20(22)25-19(17)26)15-4-2-3-14(11-15)12-23-21(27)28/h2-11,23H,12H2,1H3,(H,27,28). The number of aryl methyl sites for hydroxylation is 1. The van der Waals surface area contributed by atoms with E-state index in [1.807, 2.05) is 6.92 Å². The Bertz CT molecular complexity index is 1400. The maximum Gasteiger partial charge on any atom is 0.404 e. The summed E-state index contributed by atoms with van der Waals surface area (Å²) >= 11 is 6.14. The van der Waals surface area contributed by atoms with Crippen molar-refractivity contribution in [2.24, 2.45) is 0 Å². The van der Waals surface area contributed by atoms with Crippen LogP contribution in [0.25, 0.3) is 22.3 Å². The molecule has 0 aliphatic rings. The Morgan fingerprint density at radius 1 is 1.13 bits per heavy atom. The molecule has 2 N–H and O–H groups in total. The molecule has 0 aliphatic carbocycles. The molecule has 31 heavy (non-hydrogen) atoms. The number of nitrogens with one attached hydrogen (secondary N) is 1. The van der Waals surface area contributed by atoms with E-state index in [0.29, 0.717) is 16.6 Å². The number of hydrogen-bond donors (Lipinski definition) is 2. The Labute approximate surface area is 183 Å². The third-order valence-corrected chi connectivity index (χ3v) is 6.56. The van der Waals surface area contributed by atoms with Gasteiger partial charge in [-0.1, -0.05) is 35.9 Å². The van der Waals surface area contributed by atoms with E-state index in [-0.39, 0.29) is 22.4 Å². The normalized spacial score (nSPS) is 11.5. The van der Waals surface area contributed by atoms with E-state index in [1.165, 1.54) is 6.20 Å². The molecule has 2 heterocycles. The highest BCUT2D eigenvalue weighted by Gasteiger charge is 2.22. The van der Waals surface area contributed by atoms with Crippen LogP contribution in [0.3, 0.4) is 0 Å². The fourth-order valence-corrected chi connectivity index (χ4v) is 4.67. The molecular weight excluding hydrogens is 440 g/mol. The maximum atomic E-state index is 13.2. The van der Waals surface area contributed by atoms with Gasteiger partial charge in [0.15, 0.2) is 5.65 Å². The molecule has 2 aromatic heterocycles. The first-order valence-electron chi connectivity index (χ1n) is 9.18. The third kappa shape index (κ3) is 4.10. The van der Waals surface area contributed by atoms with Crippen molar-refractivity contribution in [3.8, 4) is 11.3 Å². The van der Waals surface area contributed by atoms with Gasteiger partial charge in [0.05, 0.1) is 10.6 Å². The van der Waals surface area contributed by atoms with Crippen molar-refractivity contribution in [1.29, 1.82) is 0 Å². The van der Waals surface area contributed by atoms with Gasteiger partial charge in [0.25, 0.3) is 10.0 Å². The lowest BCUT2D eigenvalue weighted by molar-refractivity contribution is 0.194. The minimum absolute atomic E-state index is 0.101. The average Bonchev–Trinajstić information content (AvgIpc) is 3.16. The van der Waals surface area contributed by atoms with E-state index < -0.39 is 16.1 Å². The molecule has 0 radical (unpaired) electrons. The van der Waals surface area contributed by atoms with Gasteiger partial charge in [-0.05, 0) is 48.4 Å². The largest absolute Gasteiger partial charge is 0.465 e. The van der Waals surface area contributed by atoms with Crippen LogP contribution < -0.4 is 5.32 Å². The number of carboxylic acid groups (broad SMARTS) is 1. The lowest BCUT2D eigenvalue weighted by Crippen LogP contribution is -2.19. The Hall–Kier alpha value is -3.43. The number of aromatic nitrogens is 3. The Morgan fingerprint density at radius 2 is 1.87 bits per heavy atom. The van der Waals surface area contributed by atoms with Crippen molar-refractivity contribution in [3.05, 3.63) is 77.2 Å². The fraction of sp³-hybridized carbons (Fsp3) is 0.0952. The van der Waals surface area contributed by atoms with Crippen LogP contribution in [0.1, 0.15) is 11.1 Å². The first kappa shape index (κ1) is 20.8. The number of rotatable bonds is 5. The number of halogens is 1. The molecular formula is C21H17ClN4O4S. The molecule has 10 heteroatoms. The summed E-state index contributed by atoms with van der Waals surface area (Å²) in [6.45, 7) is 1.99. The van der Waals surface area contributed by atoms with Gasteiger partial charge in [0, 0.05) is 23.7 Å². The van der Waals surface area contributed by atoms with Gasteiger partial charge in [-0.3, -0.25) is 0 Å². The van der Waals surface area contributed by atoms with E-state index in [9.17, 15) is 13.2 Å². The molecule has 158 valence electrons. The van der Waals surface area contributed by atoms with Gasteiger partial charge in [-0.25, -0.2) is 22.2 Å². The van der Waals surface area contributed by atoms with Gasteiger partial charge >= 0.3 is 6.09 Å². The highest BCUT2D eigenvalue weighted by molar-refractivity contribution is 7.90. The Balaban J connectivity index is 1.84. The summed E-state index contributed by atoms with van der Waals surface area (Å²) in [5.41, 5.74) is 2.93. The van der Waals surface area contributed by atoms with Crippen molar-refractivity contribution < 1.29 is 18.3 Å². The SMILES string of the molecule is Cc1ccc(S(=O)(=O)n2ccc3c(-c4cccc(CNC(=O)O)c4)nc(Cl)nc32)cc1. The first-order chi connectivity index (χ1) is 14.8. The topological polar surface area (TPSA) is 114 Å². The summed E-state index contributed by atoms with van der Waals surface area (Å²) in [6.07, 6.45) is 0.292. The highest BCUT2D eigenvalue weighted by Crippen LogP contribution is 2.30. The van der Waals surface area contributed by atoms with Gasteiger partial charge in [-0.2, -0.15) is 4.98 Å². The van der Waals surface area contributed by atoms with Crippen molar-refractivity contribution >= 4 is 38.8 Å². The summed E-state index contributed by atoms with van der Waals surface area (Å²) in [6, 6.07) is 15.2.